The first-order chi connectivity index (χ1) is 9.82. The summed E-state index contributed by atoms with van der Waals surface area (Å²) in [6.45, 7) is 1.06. The number of benzene rings is 1. The number of carboxylic acid groups (broad SMARTS) is 1. The first kappa shape index (κ1) is 15.3. The molecule has 0 bridgehead atoms. The number of rotatable bonds is 5. The molecule has 0 saturated heterocycles. The highest BCUT2D eigenvalue weighted by atomic mass is 19.2. The Morgan fingerprint density at radius 2 is 1.90 bits per heavy atom. The number of carbonyl (C=O) groups is 2. The lowest BCUT2D eigenvalue weighted by atomic mass is 10.1. The van der Waals surface area contributed by atoms with Gasteiger partial charge in [0, 0.05) is 12.5 Å². The highest BCUT2D eigenvalue weighted by Crippen LogP contribution is 2.34. The molecule has 1 aliphatic rings. The number of carbonyl (C=O) groups excluding carboxylic acids is 1. The van der Waals surface area contributed by atoms with Gasteiger partial charge in [0.1, 0.15) is 0 Å². The summed E-state index contributed by atoms with van der Waals surface area (Å²) in [7, 11) is 0. The zero-order valence-electron chi connectivity index (χ0n) is 11.3. The first-order valence-electron chi connectivity index (χ1n) is 6.50. The molecule has 0 aromatic heterocycles. The first-order valence-corrected chi connectivity index (χ1v) is 6.50. The fraction of sp³-hybridized carbons (Fsp3) is 0.429. The van der Waals surface area contributed by atoms with Crippen LogP contribution in [0.25, 0.3) is 0 Å². The van der Waals surface area contributed by atoms with E-state index in [9.17, 15) is 22.8 Å². The Morgan fingerprint density at radius 1 is 1.29 bits per heavy atom. The van der Waals surface area contributed by atoms with Crippen LogP contribution in [0.15, 0.2) is 12.1 Å². The van der Waals surface area contributed by atoms with E-state index in [1.165, 1.54) is 6.92 Å². The number of halogens is 3. The lowest BCUT2D eigenvalue weighted by Gasteiger charge is -2.25. The van der Waals surface area contributed by atoms with Crippen molar-refractivity contribution in [3.63, 3.8) is 0 Å². The van der Waals surface area contributed by atoms with Gasteiger partial charge in [-0.05, 0) is 25.0 Å². The summed E-state index contributed by atoms with van der Waals surface area (Å²) in [5.41, 5.74) is -0.432. The van der Waals surface area contributed by atoms with Crippen molar-refractivity contribution >= 4 is 17.6 Å². The SMILES string of the molecule is CC(CN(C(=O)C1CC1)c1ccc(F)c(F)c1F)C(=O)O. The Kier molecular flexibility index (Phi) is 4.20. The summed E-state index contributed by atoms with van der Waals surface area (Å²) in [5.74, 6) is -7.41. The van der Waals surface area contributed by atoms with Crippen LogP contribution in [-0.4, -0.2) is 23.5 Å². The summed E-state index contributed by atoms with van der Waals surface area (Å²) in [4.78, 5) is 24.0. The van der Waals surface area contributed by atoms with Crippen LogP contribution in [-0.2, 0) is 9.59 Å². The summed E-state index contributed by atoms with van der Waals surface area (Å²) >= 11 is 0. The molecule has 0 heterocycles. The maximum atomic E-state index is 13.9. The third kappa shape index (κ3) is 3.17. The maximum absolute atomic E-state index is 13.9. The van der Waals surface area contributed by atoms with Gasteiger partial charge in [-0.15, -0.1) is 0 Å². The Bertz CT molecular complexity index is 587. The number of carboxylic acids is 1. The van der Waals surface area contributed by atoms with Crippen LogP contribution in [0.1, 0.15) is 19.8 Å². The molecule has 4 nitrogen and oxygen atoms in total. The second-order valence-corrected chi connectivity index (χ2v) is 5.16. The predicted molar refractivity (Wildman–Crippen MR) is 68.2 cm³/mol. The quantitative estimate of drug-likeness (QED) is 0.850. The average molecular weight is 301 g/mol. The standard InChI is InChI=1S/C14H14F3NO3/c1-7(14(20)21)6-18(13(19)8-2-3-8)10-5-4-9(15)11(16)12(10)17/h4-5,7-8H,2-3,6H2,1H3,(H,20,21). The van der Waals surface area contributed by atoms with E-state index in [4.69, 9.17) is 5.11 Å². The third-order valence-corrected chi connectivity index (χ3v) is 3.38. The van der Waals surface area contributed by atoms with Crippen molar-refractivity contribution in [3.05, 3.63) is 29.6 Å². The number of hydrogen-bond donors (Lipinski definition) is 1. The van der Waals surface area contributed by atoms with E-state index in [-0.39, 0.29) is 12.5 Å². The normalized spacial score (nSPS) is 15.6. The van der Waals surface area contributed by atoms with Gasteiger partial charge in [-0.1, -0.05) is 6.92 Å². The zero-order valence-corrected chi connectivity index (χ0v) is 11.3. The zero-order chi connectivity index (χ0) is 15.7. The Balaban J connectivity index is 2.37. The van der Waals surface area contributed by atoms with Gasteiger partial charge in [0.15, 0.2) is 17.5 Å². The third-order valence-electron chi connectivity index (χ3n) is 3.38. The minimum Gasteiger partial charge on any atom is -0.481 e. The maximum Gasteiger partial charge on any atom is 0.308 e. The van der Waals surface area contributed by atoms with Gasteiger partial charge in [0.05, 0.1) is 11.6 Å². The topological polar surface area (TPSA) is 57.6 Å². The van der Waals surface area contributed by atoms with Gasteiger partial charge in [0.25, 0.3) is 0 Å². The molecule has 1 saturated carbocycles. The van der Waals surface area contributed by atoms with E-state index in [0.29, 0.717) is 18.9 Å². The van der Waals surface area contributed by atoms with Crippen molar-refractivity contribution in [2.24, 2.45) is 11.8 Å². The van der Waals surface area contributed by atoms with Gasteiger partial charge in [-0.3, -0.25) is 9.59 Å². The number of hydrogen-bond acceptors (Lipinski definition) is 2. The van der Waals surface area contributed by atoms with Crippen LogP contribution in [0, 0.1) is 29.3 Å². The molecule has 2 rings (SSSR count). The van der Waals surface area contributed by atoms with E-state index in [0.717, 1.165) is 11.0 Å². The van der Waals surface area contributed by atoms with Crippen LogP contribution in [0.3, 0.4) is 0 Å². The molecule has 21 heavy (non-hydrogen) atoms. The average Bonchev–Trinajstić information content (AvgIpc) is 3.26. The molecule has 0 aliphatic heterocycles. The lowest BCUT2D eigenvalue weighted by molar-refractivity contribution is -0.140. The number of nitrogens with zero attached hydrogens (tertiary/aromatic N) is 1. The van der Waals surface area contributed by atoms with Gasteiger partial charge in [-0.25, -0.2) is 13.2 Å². The van der Waals surface area contributed by atoms with Crippen LogP contribution in [0.4, 0.5) is 18.9 Å². The van der Waals surface area contributed by atoms with Crippen molar-refractivity contribution in [2.45, 2.75) is 19.8 Å². The second kappa shape index (κ2) is 5.75. The van der Waals surface area contributed by atoms with Crippen LogP contribution >= 0.6 is 0 Å². The number of aliphatic carboxylic acids is 1. The van der Waals surface area contributed by atoms with Crippen LogP contribution in [0.5, 0.6) is 0 Å². The van der Waals surface area contributed by atoms with E-state index in [2.05, 4.69) is 0 Å². The minimum atomic E-state index is -1.68. The molecule has 1 fully saturated rings. The highest BCUT2D eigenvalue weighted by Gasteiger charge is 2.36. The fourth-order valence-electron chi connectivity index (χ4n) is 1.93. The van der Waals surface area contributed by atoms with Gasteiger partial charge >= 0.3 is 5.97 Å². The lowest BCUT2D eigenvalue weighted by Crippen LogP contribution is -2.38. The fourth-order valence-corrected chi connectivity index (χ4v) is 1.93. The van der Waals surface area contributed by atoms with E-state index in [1.54, 1.807) is 0 Å². The van der Waals surface area contributed by atoms with Crippen molar-refractivity contribution < 1.29 is 27.9 Å². The molecule has 1 atom stereocenters. The van der Waals surface area contributed by atoms with Crippen molar-refractivity contribution in [1.29, 1.82) is 0 Å². The molecule has 7 heteroatoms. The Morgan fingerprint density at radius 3 is 2.43 bits per heavy atom. The highest BCUT2D eigenvalue weighted by molar-refractivity contribution is 5.97. The molecular formula is C14H14F3NO3. The molecule has 0 spiro atoms. The van der Waals surface area contributed by atoms with Crippen LogP contribution in [0.2, 0.25) is 0 Å². The summed E-state index contributed by atoms with van der Waals surface area (Å²) < 4.78 is 40.1. The summed E-state index contributed by atoms with van der Waals surface area (Å²) in [6, 6.07) is 1.66. The minimum absolute atomic E-state index is 0.299. The van der Waals surface area contributed by atoms with Gasteiger partial charge in [0.2, 0.25) is 5.91 Å². The monoisotopic (exact) mass is 301 g/mol. The molecule has 1 amide bonds. The second-order valence-electron chi connectivity index (χ2n) is 5.16. The summed E-state index contributed by atoms with van der Waals surface area (Å²) in [6.07, 6.45) is 1.25. The predicted octanol–water partition coefficient (Wildman–Crippen LogP) is 2.57. The van der Waals surface area contributed by atoms with E-state index in [1.807, 2.05) is 0 Å². The molecule has 1 aliphatic carbocycles. The van der Waals surface area contributed by atoms with Crippen molar-refractivity contribution in [1.82, 2.24) is 0 Å². The van der Waals surface area contributed by atoms with E-state index >= 15 is 0 Å². The molecule has 1 aromatic carbocycles. The number of anilines is 1. The van der Waals surface area contributed by atoms with Crippen LogP contribution < -0.4 is 4.90 Å². The summed E-state index contributed by atoms with van der Waals surface area (Å²) in [5, 5.41) is 8.92. The smallest absolute Gasteiger partial charge is 0.308 e. The van der Waals surface area contributed by atoms with Crippen molar-refractivity contribution in [3.8, 4) is 0 Å². The van der Waals surface area contributed by atoms with Gasteiger partial charge < -0.3 is 10.0 Å². The molecule has 1 aromatic rings. The van der Waals surface area contributed by atoms with Crippen molar-refractivity contribution in [2.75, 3.05) is 11.4 Å². The number of amides is 1. The Hall–Kier alpha value is -2.05. The molecule has 1 N–H and O–H groups in total. The van der Waals surface area contributed by atoms with Gasteiger partial charge in [-0.2, -0.15) is 0 Å². The molecule has 1 unspecified atom stereocenters. The molecular weight excluding hydrogens is 287 g/mol. The largest absolute Gasteiger partial charge is 0.481 e. The molecule has 114 valence electrons. The molecule has 0 radical (unpaired) electrons. The Labute approximate surface area is 119 Å². The van der Waals surface area contributed by atoms with E-state index < -0.39 is 40.9 Å².